The third-order valence-electron chi connectivity index (χ3n) is 3.34. The van der Waals surface area contributed by atoms with Crippen molar-refractivity contribution in [2.45, 2.75) is 44.7 Å². The van der Waals surface area contributed by atoms with Crippen molar-refractivity contribution in [3.8, 4) is 0 Å². The van der Waals surface area contributed by atoms with Crippen molar-refractivity contribution in [3.05, 3.63) is 0 Å². The van der Waals surface area contributed by atoms with E-state index < -0.39 is 40.7 Å². The zero-order valence-corrected chi connectivity index (χ0v) is 12.7. The van der Waals surface area contributed by atoms with Crippen LogP contribution in [-0.4, -0.2) is 60.8 Å². The minimum Gasteiger partial charge on any atom is -0.480 e. The summed E-state index contributed by atoms with van der Waals surface area (Å²) in [6, 6.07) is -2.60. The molecule has 0 saturated carbocycles. The number of rotatable bonds is 7. The van der Waals surface area contributed by atoms with Gasteiger partial charge in [0.1, 0.15) is 12.7 Å². The van der Waals surface area contributed by atoms with Crippen molar-refractivity contribution in [2.75, 3.05) is 19.0 Å². The molecule has 2 N–H and O–H groups in total. The zero-order chi connectivity index (χ0) is 16.0. The van der Waals surface area contributed by atoms with Crippen molar-refractivity contribution >= 4 is 21.9 Å². The van der Waals surface area contributed by atoms with E-state index in [4.69, 9.17) is 5.11 Å². The molecule has 0 spiro atoms. The first-order valence-electron chi connectivity index (χ1n) is 6.92. The molecule has 0 aromatic heterocycles. The number of carboxylic acids is 1. The lowest BCUT2D eigenvalue weighted by molar-refractivity contribution is -0.143. The van der Waals surface area contributed by atoms with E-state index in [0.717, 1.165) is 4.31 Å². The fourth-order valence-corrected chi connectivity index (χ4v) is 4.06. The molecule has 1 aliphatic heterocycles. The van der Waals surface area contributed by atoms with Crippen LogP contribution in [0, 0.1) is 0 Å². The first kappa shape index (κ1) is 17.8. The Morgan fingerprint density at radius 2 is 2.10 bits per heavy atom. The molecular formula is C12H21FN2O5S. The van der Waals surface area contributed by atoms with E-state index >= 15 is 0 Å². The van der Waals surface area contributed by atoms with Crippen LogP contribution in [0.2, 0.25) is 0 Å². The molecule has 9 heteroatoms. The largest absolute Gasteiger partial charge is 0.480 e. The highest BCUT2D eigenvalue weighted by molar-refractivity contribution is 7.89. The Bertz CT molecular complexity index is 482. The maximum absolute atomic E-state index is 12.6. The molecule has 1 aliphatic rings. The van der Waals surface area contributed by atoms with Gasteiger partial charge < -0.3 is 10.4 Å². The molecule has 0 aliphatic carbocycles. The second-order valence-corrected chi connectivity index (χ2v) is 7.03. The van der Waals surface area contributed by atoms with Gasteiger partial charge in [-0.3, -0.25) is 4.79 Å². The van der Waals surface area contributed by atoms with E-state index in [1.165, 1.54) is 0 Å². The van der Waals surface area contributed by atoms with Gasteiger partial charge in [0, 0.05) is 6.54 Å². The van der Waals surface area contributed by atoms with Crippen molar-refractivity contribution in [1.29, 1.82) is 0 Å². The molecule has 1 fully saturated rings. The van der Waals surface area contributed by atoms with Crippen LogP contribution in [-0.2, 0) is 19.6 Å². The molecule has 122 valence electrons. The Hall–Kier alpha value is -1.22. The van der Waals surface area contributed by atoms with Crippen LogP contribution in [0.3, 0.4) is 0 Å². The van der Waals surface area contributed by atoms with Gasteiger partial charge in [-0.15, -0.1) is 0 Å². The number of halogens is 1. The minimum absolute atomic E-state index is 0.0672. The summed E-state index contributed by atoms with van der Waals surface area (Å²) in [4.78, 5) is 22.8. The maximum atomic E-state index is 12.6. The number of sulfonamides is 1. The number of carboxylic acid groups (broad SMARTS) is 1. The Labute approximate surface area is 123 Å². The fourth-order valence-electron chi connectivity index (χ4n) is 2.31. The highest BCUT2D eigenvalue weighted by Gasteiger charge is 2.37. The van der Waals surface area contributed by atoms with Crippen LogP contribution in [0.4, 0.5) is 4.39 Å². The number of nitrogens with zero attached hydrogens (tertiary/aromatic N) is 1. The van der Waals surface area contributed by atoms with Gasteiger partial charge in [0.05, 0.1) is 5.75 Å². The number of carbonyl (C=O) groups excluding carboxylic acids is 1. The standard InChI is InChI=1S/C12H21FN2O5S/c1-2-7-21(19,20)15-6-4-3-5-10(15)11(16)14-9(8-13)12(17)18/h9-10H,2-8H2,1H3,(H,14,16)(H,17,18). The molecule has 2 atom stereocenters. The van der Waals surface area contributed by atoms with Crippen molar-refractivity contribution in [3.63, 3.8) is 0 Å². The van der Waals surface area contributed by atoms with Crippen LogP contribution in [0.1, 0.15) is 32.6 Å². The van der Waals surface area contributed by atoms with Gasteiger partial charge in [-0.25, -0.2) is 17.6 Å². The molecule has 0 bridgehead atoms. The van der Waals surface area contributed by atoms with Crippen LogP contribution in [0.15, 0.2) is 0 Å². The number of amides is 1. The van der Waals surface area contributed by atoms with E-state index in [-0.39, 0.29) is 12.3 Å². The quantitative estimate of drug-likeness (QED) is 0.692. The number of nitrogens with one attached hydrogen (secondary N) is 1. The molecule has 1 amide bonds. The summed E-state index contributed by atoms with van der Waals surface area (Å²) in [5, 5.41) is 10.8. The van der Waals surface area contributed by atoms with Crippen molar-refractivity contribution in [2.24, 2.45) is 0 Å². The molecule has 21 heavy (non-hydrogen) atoms. The highest BCUT2D eigenvalue weighted by Crippen LogP contribution is 2.21. The molecule has 1 rings (SSSR count). The van der Waals surface area contributed by atoms with E-state index in [1.807, 2.05) is 0 Å². The van der Waals surface area contributed by atoms with Gasteiger partial charge in [0.15, 0.2) is 6.04 Å². The van der Waals surface area contributed by atoms with Gasteiger partial charge in [0.2, 0.25) is 15.9 Å². The fraction of sp³-hybridized carbons (Fsp3) is 0.833. The Balaban J connectivity index is 2.86. The molecule has 0 aromatic rings. The van der Waals surface area contributed by atoms with E-state index in [2.05, 4.69) is 5.32 Å². The topological polar surface area (TPSA) is 104 Å². The lowest BCUT2D eigenvalue weighted by atomic mass is 10.0. The summed E-state index contributed by atoms with van der Waals surface area (Å²) in [6.45, 7) is 0.712. The zero-order valence-electron chi connectivity index (χ0n) is 11.9. The predicted octanol–water partition coefficient (Wildman–Crippen LogP) is 0.120. The second-order valence-electron chi connectivity index (χ2n) is 4.99. The lowest BCUT2D eigenvalue weighted by Crippen LogP contribution is -2.55. The van der Waals surface area contributed by atoms with Crippen molar-refractivity contribution < 1.29 is 27.5 Å². The third-order valence-corrected chi connectivity index (χ3v) is 5.42. The van der Waals surface area contributed by atoms with Crippen LogP contribution in [0.5, 0.6) is 0 Å². The molecule has 0 aromatic carbocycles. The van der Waals surface area contributed by atoms with Gasteiger partial charge in [-0.1, -0.05) is 13.3 Å². The van der Waals surface area contributed by atoms with Gasteiger partial charge in [-0.05, 0) is 19.3 Å². The average Bonchev–Trinajstić information content (AvgIpc) is 2.44. The monoisotopic (exact) mass is 324 g/mol. The maximum Gasteiger partial charge on any atom is 0.328 e. The summed E-state index contributed by atoms with van der Waals surface area (Å²) < 4.78 is 38.0. The number of piperidine rings is 1. The van der Waals surface area contributed by atoms with E-state index in [0.29, 0.717) is 25.7 Å². The molecule has 1 heterocycles. The Morgan fingerprint density at radius 3 is 2.62 bits per heavy atom. The predicted molar refractivity (Wildman–Crippen MR) is 74.0 cm³/mol. The molecule has 7 nitrogen and oxygen atoms in total. The average molecular weight is 324 g/mol. The van der Waals surface area contributed by atoms with Gasteiger partial charge >= 0.3 is 5.97 Å². The second kappa shape index (κ2) is 7.69. The lowest BCUT2D eigenvalue weighted by Gasteiger charge is -2.34. The number of hydrogen-bond donors (Lipinski definition) is 2. The Morgan fingerprint density at radius 1 is 1.43 bits per heavy atom. The number of carbonyl (C=O) groups is 2. The van der Waals surface area contributed by atoms with Crippen molar-refractivity contribution in [1.82, 2.24) is 9.62 Å². The molecule has 0 radical (unpaired) electrons. The minimum atomic E-state index is -3.56. The third kappa shape index (κ3) is 4.63. The molecule has 2 unspecified atom stereocenters. The SMILES string of the molecule is CCCS(=O)(=O)N1CCCCC1C(=O)NC(CF)C(=O)O. The first-order chi connectivity index (χ1) is 9.83. The summed E-state index contributed by atoms with van der Waals surface area (Å²) in [7, 11) is -3.56. The highest BCUT2D eigenvalue weighted by atomic mass is 32.2. The summed E-state index contributed by atoms with van der Waals surface area (Å²) in [6.07, 6.45) is 2.06. The van der Waals surface area contributed by atoms with E-state index in [9.17, 15) is 22.4 Å². The van der Waals surface area contributed by atoms with Gasteiger partial charge in [0.25, 0.3) is 0 Å². The number of aliphatic carboxylic acids is 1. The van der Waals surface area contributed by atoms with Crippen LogP contribution >= 0.6 is 0 Å². The Kier molecular flexibility index (Phi) is 6.53. The van der Waals surface area contributed by atoms with E-state index in [1.54, 1.807) is 6.92 Å². The van der Waals surface area contributed by atoms with Crippen LogP contribution in [0.25, 0.3) is 0 Å². The normalized spacial score (nSPS) is 21.7. The smallest absolute Gasteiger partial charge is 0.328 e. The molecular weight excluding hydrogens is 303 g/mol. The number of alkyl halides is 1. The van der Waals surface area contributed by atoms with Crippen LogP contribution < -0.4 is 5.32 Å². The molecule has 1 saturated heterocycles. The summed E-state index contributed by atoms with van der Waals surface area (Å²) in [5.41, 5.74) is 0. The summed E-state index contributed by atoms with van der Waals surface area (Å²) in [5.74, 6) is -2.30. The number of hydrogen-bond acceptors (Lipinski definition) is 4. The summed E-state index contributed by atoms with van der Waals surface area (Å²) >= 11 is 0. The van der Waals surface area contributed by atoms with Gasteiger partial charge in [-0.2, -0.15) is 4.31 Å². The first-order valence-corrected chi connectivity index (χ1v) is 8.53.